The van der Waals surface area contributed by atoms with E-state index >= 15 is 0 Å². The van der Waals surface area contributed by atoms with Crippen molar-refractivity contribution in [2.75, 3.05) is 5.43 Å². The van der Waals surface area contributed by atoms with Gasteiger partial charge in [-0.1, -0.05) is 54.6 Å². The van der Waals surface area contributed by atoms with Crippen molar-refractivity contribution >= 4 is 34.4 Å². The van der Waals surface area contributed by atoms with Crippen LogP contribution in [0.25, 0.3) is 22.2 Å². The molecular weight excluding hydrogens is 316 g/mol. The quantitative estimate of drug-likeness (QED) is 0.432. The summed E-state index contributed by atoms with van der Waals surface area (Å²) in [6.07, 6.45) is 1.77. The fourth-order valence-electron chi connectivity index (χ4n) is 2.46. The van der Waals surface area contributed by atoms with Crippen LogP contribution in [-0.2, 0) is 0 Å². The Balaban J connectivity index is 1.74. The van der Waals surface area contributed by atoms with Gasteiger partial charge in [0, 0.05) is 15.8 Å². The molecule has 4 rings (SSSR count). The number of hydrogen-bond donors (Lipinski definition) is 1. The molecule has 5 heteroatoms. The predicted octanol–water partition coefficient (Wildman–Crippen LogP) is 4.80. The van der Waals surface area contributed by atoms with Crippen LogP contribution < -0.4 is 5.43 Å². The van der Waals surface area contributed by atoms with Gasteiger partial charge >= 0.3 is 0 Å². The van der Waals surface area contributed by atoms with Crippen LogP contribution in [0.4, 0.5) is 5.95 Å². The summed E-state index contributed by atoms with van der Waals surface area (Å²) in [4.78, 5) is 10.3. The summed E-state index contributed by atoms with van der Waals surface area (Å²) in [5.41, 5.74) is 5.78. The Labute approximate surface area is 143 Å². The smallest absolute Gasteiger partial charge is 0.244 e. The third kappa shape index (κ3) is 3.02. The Bertz CT molecular complexity index is 979. The van der Waals surface area contributed by atoms with E-state index in [4.69, 9.17) is 0 Å². The molecule has 0 aliphatic carbocycles. The van der Waals surface area contributed by atoms with Gasteiger partial charge in [-0.2, -0.15) is 5.10 Å². The van der Waals surface area contributed by atoms with Crippen molar-refractivity contribution in [3.05, 3.63) is 77.0 Å². The number of hydrazone groups is 1. The van der Waals surface area contributed by atoms with Gasteiger partial charge in [0.15, 0.2) is 0 Å². The largest absolute Gasteiger partial charge is 0.245 e. The summed E-state index contributed by atoms with van der Waals surface area (Å²) in [5.74, 6) is 0.486. The number of aromatic nitrogens is 2. The van der Waals surface area contributed by atoms with Crippen molar-refractivity contribution in [3.63, 3.8) is 0 Å². The lowest BCUT2D eigenvalue weighted by molar-refractivity contribution is 1.16. The lowest BCUT2D eigenvalue weighted by Gasteiger charge is -2.08. The van der Waals surface area contributed by atoms with E-state index in [0.29, 0.717) is 5.95 Å². The topological polar surface area (TPSA) is 50.2 Å². The van der Waals surface area contributed by atoms with Crippen molar-refractivity contribution < 1.29 is 0 Å². The zero-order valence-corrected chi connectivity index (χ0v) is 13.6. The number of thiophene rings is 1. The second kappa shape index (κ2) is 6.60. The maximum Gasteiger partial charge on any atom is 0.244 e. The van der Waals surface area contributed by atoms with Crippen LogP contribution in [0.15, 0.2) is 77.2 Å². The van der Waals surface area contributed by atoms with Crippen LogP contribution in [0.5, 0.6) is 0 Å². The highest BCUT2D eigenvalue weighted by atomic mass is 32.1. The molecule has 0 aliphatic heterocycles. The van der Waals surface area contributed by atoms with Gasteiger partial charge in [-0.05, 0) is 17.5 Å². The molecule has 0 unspecified atom stereocenters. The van der Waals surface area contributed by atoms with E-state index in [1.165, 1.54) is 0 Å². The Morgan fingerprint density at radius 1 is 0.875 bits per heavy atom. The van der Waals surface area contributed by atoms with Crippen molar-refractivity contribution in [2.45, 2.75) is 0 Å². The second-order valence-corrected chi connectivity index (χ2v) is 6.14. The Morgan fingerprint density at radius 2 is 1.71 bits per heavy atom. The number of nitrogens with one attached hydrogen (secondary N) is 1. The summed E-state index contributed by atoms with van der Waals surface area (Å²) >= 11 is 1.63. The van der Waals surface area contributed by atoms with Gasteiger partial charge in [0.05, 0.1) is 17.4 Å². The predicted molar refractivity (Wildman–Crippen MR) is 101 cm³/mol. The van der Waals surface area contributed by atoms with Crippen LogP contribution in [0.1, 0.15) is 4.88 Å². The highest BCUT2D eigenvalue weighted by Gasteiger charge is 2.08. The molecule has 2 heterocycles. The molecule has 0 spiro atoms. The molecule has 0 atom stereocenters. The van der Waals surface area contributed by atoms with Gasteiger partial charge < -0.3 is 0 Å². The van der Waals surface area contributed by atoms with Gasteiger partial charge in [0.25, 0.3) is 0 Å². The van der Waals surface area contributed by atoms with Crippen molar-refractivity contribution in [3.8, 4) is 11.3 Å². The molecule has 0 saturated carbocycles. The van der Waals surface area contributed by atoms with Crippen LogP contribution >= 0.6 is 11.3 Å². The van der Waals surface area contributed by atoms with Crippen molar-refractivity contribution in [1.29, 1.82) is 0 Å². The highest BCUT2D eigenvalue weighted by molar-refractivity contribution is 7.11. The molecule has 4 aromatic rings. The number of hydrogen-bond acceptors (Lipinski definition) is 5. The number of rotatable bonds is 4. The van der Waals surface area contributed by atoms with Crippen LogP contribution in [0, 0.1) is 0 Å². The van der Waals surface area contributed by atoms with E-state index in [1.54, 1.807) is 17.6 Å². The Hall–Kier alpha value is -3.05. The average molecular weight is 330 g/mol. The van der Waals surface area contributed by atoms with E-state index in [1.807, 2.05) is 72.1 Å². The molecular formula is C19H14N4S. The molecule has 0 bridgehead atoms. The van der Waals surface area contributed by atoms with E-state index in [0.717, 1.165) is 27.0 Å². The summed E-state index contributed by atoms with van der Waals surface area (Å²) in [6, 6.07) is 22.1. The fraction of sp³-hybridized carbons (Fsp3) is 0. The SMILES string of the molecule is C(=N\Nc1nc(-c2ccccc2)c2ccccc2n1)/c1cccs1. The zero-order valence-electron chi connectivity index (χ0n) is 12.8. The molecule has 0 fully saturated rings. The number of para-hydroxylation sites is 1. The third-order valence-electron chi connectivity index (χ3n) is 3.55. The lowest BCUT2D eigenvalue weighted by Crippen LogP contribution is -1.99. The summed E-state index contributed by atoms with van der Waals surface area (Å²) < 4.78 is 0. The Kier molecular flexibility index (Phi) is 4.00. The molecule has 116 valence electrons. The Morgan fingerprint density at radius 3 is 2.54 bits per heavy atom. The molecule has 0 amide bonds. The number of nitrogens with zero attached hydrogens (tertiary/aromatic N) is 3. The minimum atomic E-state index is 0.486. The standard InChI is InChI=1S/C19H14N4S/c1-2-7-14(8-3-1)18-16-10-4-5-11-17(16)21-19(22-18)23-20-13-15-9-6-12-24-15/h1-13H,(H,21,22,23)/b20-13+. The third-order valence-corrected chi connectivity index (χ3v) is 4.36. The number of benzene rings is 2. The first-order chi connectivity index (χ1) is 11.9. The molecule has 24 heavy (non-hydrogen) atoms. The molecule has 1 N–H and O–H groups in total. The highest BCUT2D eigenvalue weighted by Crippen LogP contribution is 2.26. The van der Waals surface area contributed by atoms with Gasteiger partial charge in [-0.15, -0.1) is 11.3 Å². The first-order valence-electron chi connectivity index (χ1n) is 7.55. The number of fused-ring (bicyclic) bond motifs is 1. The molecule has 2 aromatic heterocycles. The molecule has 4 nitrogen and oxygen atoms in total. The summed E-state index contributed by atoms with van der Waals surface area (Å²) in [7, 11) is 0. The van der Waals surface area contributed by atoms with Crippen LogP contribution in [-0.4, -0.2) is 16.2 Å². The maximum absolute atomic E-state index is 4.66. The lowest BCUT2D eigenvalue weighted by atomic mass is 10.1. The first-order valence-corrected chi connectivity index (χ1v) is 8.43. The van der Waals surface area contributed by atoms with E-state index < -0.39 is 0 Å². The normalized spacial score (nSPS) is 11.2. The fourth-order valence-corrected chi connectivity index (χ4v) is 3.05. The molecule has 0 radical (unpaired) electrons. The second-order valence-electron chi connectivity index (χ2n) is 5.16. The van der Waals surface area contributed by atoms with Crippen molar-refractivity contribution in [2.24, 2.45) is 5.10 Å². The zero-order chi connectivity index (χ0) is 16.2. The van der Waals surface area contributed by atoms with Gasteiger partial charge in [0.2, 0.25) is 5.95 Å². The van der Waals surface area contributed by atoms with Gasteiger partial charge in [-0.3, -0.25) is 0 Å². The average Bonchev–Trinajstić information content (AvgIpc) is 3.15. The van der Waals surface area contributed by atoms with Gasteiger partial charge in [-0.25, -0.2) is 15.4 Å². The van der Waals surface area contributed by atoms with E-state index in [9.17, 15) is 0 Å². The summed E-state index contributed by atoms with van der Waals surface area (Å²) in [5, 5.41) is 7.28. The monoisotopic (exact) mass is 330 g/mol. The van der Waals surface area contributed by atoms with Crippen LogP contribution in [0.3, 0.4) is 0 Å². The molecule has 0 aliphatic rings. The van der Waals surface area contributed by atoms with Crippen molar-refractivity contribution in [1.82, 2.24) is 9.97 Å². The van der Waals surface area contributed by atoms with Gasteiger partial charge in [0.1, 0.15) is 0 Å². The van der Waals surface area contributed by atoms with Crippen LogP contribution in [0.2, 0.25) is 0 Å². The minimum absolute atomic E-state index is 0.486. The number of anilines is 1. The van der Waals surface area contributed by atoms with E-state index in [-0.39, 0.29) is 0 Å². The molecule has 2 aromatic carbocycles. The maximum atomic E-state index is 4.66. The first kappa shape index (κ1) is 14.5. The minimum Gasteiger partial charge on any atom is -0.245 e. The van der Waals surface area contributed by atoms with E-state index in [2.05, 4.69) is 20.5 Å². The molecule has 0 saturated heterocycles. The summed E-state index contributed by atoms with van der Waals surface area (Å²) in [6.45, 7) is 0.